The van der Waals surface area contributed by atoms with Gasteiger partial charge in [-0.1, -0.05) is 19.4 Å². The topological polar surface area (TPSA) is 40.2 Å². The Morgan fingerprint density at radius 3 is 3.23 bits per heavy atom. The summed E-state index contributed by atoms with van der Waals surface area (Å²) >= 11 is 0. The van der Waals surface area contributed by atoms with E-state index in [-0.39, 0.29) is 11.8 Å². The molecule has 0 unspecified atom stereocenters. The van der Waals surface area contributed by atoms with Gasteiger partial charge in [0.15, 0.2) is 5.72 Å². The number of hydrogen-bond acceptors (Lipinski definition) is 4. The van der Waals surface area contributed by atoms with Crippen LogP contribution in [-0.2, 0) is 4.74 Å². The number of nitrogens with one attached hydrogen (secondary N) is 1. The molecule has 0 aromatic rings. The maximum Gasteiger partial charge on any atom is 0.186 e. The molecule has 2 rings (SSSR count). The second kappa shape index (κ2) is 3.12. The Kier molecular flexibility index (Phi) is 2.09. The first-order chi connectivity index (χ1) is 6.33. The van der Waals surface area contributed by atoms with Crippen LogP contribution in [0.2, 0.25) is 0 Å². The first kappa shape index (κ1) is 8.72. The van der Waals surface area contributed by atoms with Crippen molar-refractivity contribution in [3.63, 3.8) is 0 Å². The van der Waals surface area contributed by atoms with Crippen LogP contribution in [0.15, 0.2) is 17.6 Å². The highest BCUT2D eigenvalue weighted by Gasteiger charge is 2.58. The fourth-order valence-electron chi connectivity index (χ4n) is 1.80. The zero-order valence-corrected chi connectivity index (χ0v) is 7.86. The molecule has 4 nitrogen and oxygen atoms in total. The van der Waals surface area contributed by atoms with Gasteiger partial charge in [-0.25, -0.2) is 5.43 Å². The molecule has 2 aliphatic rings. The van der Waals surface area contributed by atoms with Gasteiger partial charge in [0.1, 0.15) is 19.1 Å². The average Bonchev–Trinajstić information content (AvgIpc) is 2.64. The van der Waals surface area contributed by atoms with Crippen LogP contribution in [0.3, 0.4) is 0 Å². The van der Waals surface area contributed by atoms with Gasteiger partial charge in [0.25, 0.3) is 0 Å². The lowest BCUT2D eigenvalue weighted by Crippen LogP contribution is -2.45. The predicted molar refractivity (Wildman–Crippen MR) is 51.0 cm³/mol. The van der Waals surface area contributed by atoms with Crippen LogP contribution < -0.4 is 5.43 Å². The Balaban J connectivity index is 2.06. The minimum absolute atomic E-state index is 0.143. The fraction of sp³-hybridized carbons (Fsp3) is 0.667. The number of aliphatic imine (C=N–C) groups is 1. The molecule has 1 N–H and O–H groups in total. The van der Waals surface area contributed by atoms with E-state index < -0.39 is 0 Å². The maximum atomic E-state index is 5.63. The second-order valence-electron chi connectivity index (χ2n) is 3.35. The van der Waals surface area contributed by atoms with Crippen LogP contribution in [0.4, 0.5) is 0 Å². The van der Waals surface area contributed by atoms with Crippen molar-refractivity contribution in [1.82, 2.24) is 10.4 Å². The van der Waals surface area contributed by atoms with Crippen molar-refractivity contribution < 1.29 is 4.74 Å². The third kappa shape index (κ3) is 1.26. The highest BCUT2D eigenvalue weighted by Crippen LogP contribution is 2.43. The van der Waals surface area contributed by atoms with Gasteiger partial charge in [0.05, 0.1) is 0 Å². The predicted octanol–water partition coefficient (Wildman–Crippen LogP) is 0.874. The molecule has 0 bridgehead atoms. The van der Waals surface area contributed by atoms with E-state index in [0.717, 1.165) is 12.8 Å². The Labute approximate surface area is 78.2 Å². The molecule has 0 aromatic carbocycles. The van der Waals surface area contributed by atoms with E-state index in [1.54, 1.807) is 6.34 Å². The summed E-state index contributed by atoms with van der Waals surface area (Å²) in [5.74, 6) is 0. The molecular weight excluding hydrogens is 166 g/mol. The van der Waals surface area contributed by atoms with Crippen molar-refractivity contribution in [3.8, 4) is 0 Å². The number of hydrogen-bond donors (Lipinski definition) is 1. The number of epoxide rings is 1. The first-order valence-corrected chi connectivity index (χ1v) is 4.66. The molecule has 0 saturated carbocycles. The van der Waals surface area contributed by atoms with Crippen molar-refractivity contribution in [1.29, 1.82) is 0 Å². The number of ether oxygens (including phenoxy) is 1. The summed E-state index contributed by atoms with van der Waals surface area (Å²) < 4.78 is 5.63. The summed E-state index contributed by atoms with van der Waals surface area (Å²) in [7, 11) is 0. The molecule has 0 aliphatic carbocycles. The average molecular weight is 181 g/mol. The lowest BCUT2D eigenvalue weighted by atomic mass is 10.1. The Hall–Kier alpha value is -0.870. The van der Waals surface area contributed by atoms with E-state index in [1.807, 2.05) is 11.1 Å². The molecule has 72 valence electrons. The SMILES string of the molecule is C=C[C@H]1O[C@]1(CCC)N1C=NCN1. The minimum Gasteiger partial charge on any atom is -0.339 e. The largest absolute Gasteiger partial charge is 0.339 e. The number of hydrazine groups is 1. The lowest BCUT2D eigenvalue weighted by Gasteiger charge is -2.23. The first-order valence-electron chi connectivity index (χ1n) is 4.66. The fourth-order valence-corrected chi connectivity index (χ4v) is 1.80. The third-order valence-electron chi connectivity index (χ3n) is 2.48. The van der Waals surface area contributed by atoms with Crippen LogP contribution in [0.5, 0.6) is 0 Å². The highest BCUT2D eigenvalue weighted by molar-refractivity contribution is 5.58. The summed E-state index contributed by atoms with van der Waals surface area (Å²) in [4.78, 5) is 4.10. The molecule has 4 heteroatoms. The van der Waals surface area contributed by atoms with E-state index in [2.05, 4.69) is 23.9 Å². The van der Waals surface area contributed by atoms with Gasteiger partial charge in [-0.15, -0.1) is 6.58 Å². The lowest BCUT2D eigenvalue weighted by molar-refractivity contribution is 0.108. The van der Waals surface area contributed by atoms with Crippen LogP contribution in [0, 0.1) is 0 Å². The molecule has 0 spiro atoms. The van der Waals surface area contributed by atoms with Gasteiger partial charge >= 0.3 is 0 Å². The maximum absolute atomic E-state index is 5.63. The van der Waals surface area contributed by atoms with Gasteiger partial charge in [0.2, 0.25) is 0 Å². The van der Waals surface area contributed by atoms with Crippen molar-refractivity contribution >= 4 is 6.34 Å². The molecule has 1 saturated heterocycles. The third-order valence-corrected chi connectivity index (χ3v) is 2.48. The monoisotopic (exact) mass is 181 g/mol. The van der Waals surface area contributed by atoms with Gasteiger partial charge in [-0.3, -0.25) is 10.0 Å². The number of rotatable bonds is 4. The zero-order chi connectivity index (χ0) is 9.31. The molecule has 0 amide bonds. The normalized spacial score (nSPS) is 36.7. The van der Waals surface area contributed by atoms with Gasteiger partial charge < -0.3 is 4.74 Å². The van der Waals surface area contributed by atoms with Crippen molar-refractivity contribution in [2.24, 2.45) is 4.99 Å². The molecule has 0 radical (unpaired) electrons. The van der Waals surface area contributed by atoms with Crippen molar-refractivity contribution in [2.45, 2.75) is 31.6 Å². The van der Waals surface area contributed by atoms with E-state index >= 15 is 0 Å². The van der Waals surface area contributed by atoms with Gasteiger partial charge in [-0.2, -0.15) is 0 Å². The summed E-state index contributed by atoms with van der Waals surface area (Å²) in [6.07, 6.45) is 5.89. The van der Waals surface area contributed by atoms with E-state index in [9.17, 15) is 0 Å². The van der Waals surface area contributed by atoms with Crippen LogP contribution >= 0.6 is 0 Å². The van der Waals surface area contributed by atoms with E-state index in [1.165, 1.54) is 0 Å². The summed E-state index contributed by atoms with van der Waals surface area (Å²) in [5.41, 5.74) is 2.95. The van der Waals surface area contributed by atoms with Crippen LogP contribution in [-0.4, -0.2) is 29.8 Å². The molecular formula is C9H15N3O. The molecule has 1 fully saturated rings. The van der Waals surface area contributed by atoms with E-state index in [0.29, 0.717) is 6.67 Å². The van der Waals surface area contributed by atoms with Gasteiger partial charge in [-0.05, 0) is 6.42 Å². The van der Waals surface area contributed by atoms with Gasteiger partial charge in [0, 0.05) is 0 Å². The summed E-state index contributed by atoms with van der Waals surface area (Å²) in [6, 6.07) is 0. The standard InChI is InChI=1S/C9H15N3O/c1-3-5-9(8(4-2)13-9)12-7-10-6-11-12/h4,7-8,11H,2-3,5-6H2,1H3/t8-,9+/m1/s1. The number of nitrogens with zero attached hydrogens (tertiary/aromatic N) is 2. The smallest absolute Gasteiger partial charge is 0.186 e. The molecule has 2 heterocycles. The quantitative estimate of drug-likeness (QED) is 0.517. The minimum atomic E-state index is -0.198. The van der Waals surface area contributed by atoms with E-state index in [4.69, 9.17) is 4.74 Å². The summed E-state index contributed by atoms with van der Waals surface area (Å²) in [6.45, 7) is 6.55. The zero-order valence-electron chi connectivity index (χ0n) is 7.86. The highest BCUT2D eigenvalue weighted by atomic mass is 16.6. The van der Waals surface area contributed by atoms with Crippen LogP contribution in [0.1, 0.15) is 19.8 Å². The molecule has 13 heavy (non-hydrogen) atoms. The Morgan fingerprint density at radius 2 is 2.77 bits per heavy atom. The van der Waals surface area contributed by atoms with Crippen LogP contribution in [0.25, 0.3) is 0 Å². The Morgan fingerprint density at radius 1 is 1.92 bits per heavy atom. The molecule has 2 aliphatic heterocycles. The second-order valence-corrected chi connectivity index (χ2v) is 3.35. The summed E-state index contributed by atoms with van der Waals surface area (Å²) in [5, 5.41) is 1.96. The Bertz CT molecular complexity index is 241. The van der Waals surface area contributed by atoms with Crippen molar-refractivity contribution in [2.75, 3.05) is 6.67 Å². The molecule has 2 atom stereocenters. The van der Waals surface area contributed by atoms with Crippen molar-refractivity contribution in [3.05, 3.63) is 12.7 Å². The molecule has 0 aromatic heterocycles.